The third-order valence-corrected chi connectivity index (χ3v) is 4.47. The molecule has 3 rings (SSSR count). The molecule has 0 fully saturated rings. The van der Waals surface area contributed by atoms with Gasteiger partial charge in [-0.15, -0.1) is 0 Å². The molecule has 3 aromatic rings. The van der Waals surface area contributed by atoms with E-state index in [2.05, 4.69) is 41.6 Å². The SMILES string of the molecule is COc1ccc(CNC(=O)c2ccc(Nc3ccc(C(C)C)cc3)cn2)cc1. The lowest BCUT2D eigenvalue weighted by Crippen LogP contribution is -2.23. The van der Waals surface area contributed by atoms with E-state index in [-0.39, 0.29) is 5.91 Å². The normalized spacial score (nSPS) is 10.6. The highest BCUT2D eigenvalue weighted by molar-refractivity contribution is 5.92. The molecule has 0 aliphatic heterocycles. The number of rotatable bonds is 7. The van der Waals surface area contributed by atoms with Gasteiger partial charge in [-0.2, -0.15) is 0 Å². The van der Waals surface area contributed by atoms with E-state index in [0.717, 1.165) is 22.7 Å². The van der Waals surface area contributed by atoms with Crippen LogP contribution in [0, 0.1) is 0 Å². The molecular formula is C23H25N3O2. The number of carbonyl (C=O) groups excluding carboxylic acids is 1. The van der Waals surface area contributed by atoms with Crippen LogP contribution in [0.2, 0.25) is 0 Å². The molecule has 2 N–H and O–H groups in total. The van der Waals surface area contributed by atoms with Crippen LogP contribution < -0.4 is 15.4 Å². The molecule has 0 unspecified atom stereocenters. The topological polar surface area (TPSA) is 63.2 Å². The lowest BCUT2D eigenvalue weighted by atomic mass is 10.0. The molecular weight excluding hydrogens is 350 g/mol. The molecule has 0 aliphatic carbocycles. The maximum absolute atomic E-state index is 12.3. The van der Waals surface area contributed by atoms with Crippen LogP contribution in [0.1, 0.15) is 41.4 Å². The number of hydrogen-bond donors (Lipinski definition) is 2. The number of benzene rings is 2. The molecule has 1 amide bonds. The van der Waals surface area contributed by atoms with Gasteiger partial charge >= 0.3 is 0 Å². The number of ether oxygens (including phenoxy) is 1. The second kappa shape index (κ2) is 9.04. The van der Waals surface area contributed by atoms with Gasteiger partial charge in [-0.05, 0) is 53.4 Å². The molecule has 144 valence electrons. The first kappa shape index (κ1) is 19.4. The molecule has 0 bridgehead atoms. The summed E-state index contributed by atoms with van der Waals surface area (Å²) < 4.78 is 5.13. The van der Waals surface area contributed by atoms with Crippen LogP contribution in [0.3, 0.4) is 0 Å². The van der Waals surface area contributed by atoms with Crippen molar-refractivity contribution in [3.05, 3.63) is 83.7 Å². The first-order valence-electron chi connectivity index (χ1n) is 9.29. The highest BCUT2D eigenvalue weighted by Gasteiger charge is 2.07. The number of methoxy groups -OCH3 is 1. The maximum Gasteiger partial charge on any atom is 0.270 e. The van der Waals surface area contributed by atoms with Gasteiger partial charge in [0, 0.05) is 12.2 Å². The van der Waals surface area contributed by atoms with Crippen LogP contribution in [-0.2, 0) is 6.54 Å². The average Bonchev–Trinajstić information content (AvgIpc) is 2.73. The quantitative estimate of drug-likeness (QED) is 0.617. The summed E-state index contributed by atoms with van der Waals surface area (Å²) in [6.45, 7) is 4.78. The number of pyridine rings is 1. The van der Waals surface area contributed by atoms with Crippen molar-refractivity contribution in [1.82, 2.24) is 10.3 Å². The highest BCUT2D eigenvalue weighted by Crippen LogP contribution is 2.20. The van der Waals surface area contributed by atoms with Crippen LogP contribution in [0.15, 0.2) is 66.9 Å². The molecule has 1 heterocycles. The van der Waals surface area contributed by atoms with Crippen molar-refractivity contribution < 1.29 is 9.53 Å². The molecule has 0 aliphatic rings. The second-order valence-electron chi connectivity index (χ2n) is 6.86. The van der Waals surface area contributed by atoms with Crippen molar-refractivity contribution in [3.63, 3.8) is 0 Å². The summed E-state index contributed by atoms with van der Waals surface area (Å²) in [6, 6.07) is 19.5. The van der Waals surface area contributed by atoms with Crippen LogP contribution in [-0.4, -0.2) is 18.0 Å². The highest BCUT2D eigenvalue weighted by atomic mass is 16.5. The number of amides is 1. The Morgan fingerprint density at radius 3 is 2.21 bits per heavy atom. The Morgan fingerprint density at radius 2 is 1.64 bits per heavy atom. The zero-order valence-electron chi connectivity index (χ0n) is 16.4. The summed E-state index contributed by atoms with van der Waals surface area (Å²) in [5, 5.41) is 6.17. The average molecular weight is 375 g/mol. The summed E-state index contributed by atoms with van der Waals surface area (Å²) in [5.41, 5.74) is 4.51. The van der Waals surface area contributed by atoms with Crippen LogP contribution in [0.4, 0.5) is 11.4 Å². The van der Waals surface area contributed by atoms with Gasteiger partial charge in [-0.25, -0.2) is 4.98 Å². The predicted octanol–water partition coefficient (Wildman–Crippen LogP) is 4.89. The molecule has 0 atom stereocenters. The molecule has 1 aromatic heterocycles. The molecule has 0 saturated heterocycles. The zero-order valence-corrected chi connectivity index (χ0v) is 16.4. The summed E-state index contributed by atoms with van der Waals surface area (Å²) in [4.78, 5) is 16.6. The van der Waals surface area contributed by atoms with Gasteiger partial charge in [0.2, 0.25) is 0 Å². The van der Waals surface area contributed by atoms with Gasteiger partial charge in [0.1, 0.15) is 11.4 Å². The van der Waals surface area contributed by atoms with Crippen molar-refractivity contribution in [2.75, 3.05) is 12.4 Å². The molecule has 0 saturated carbocycles. The predicted molar refractivity (Wildman–Crippen MR) is 112 cm³/mol. The first-order chi connectivity index (χ1) is 13.5. The number of nitrogens with one attached hydrogen (secondary N) is 2. The van der Waals surface area contributed by atoms with Crippen molar-refractivity contribution >= 4 is 17.3 Å². The fourth-order valence-electron chi connectivity index (χ4n) is 2.74. The summed E-state index contributed by atoms with van der Waals surface area (Å²) in [7, 11) is 1.63. The summed E-state index contributed by atoms with van der Waals surface area (Å²) >= 11 is 0. The molecule has 2 aromatic carbocycles. The largest absolute Gasteiger partial charge is 0.497 e. The third kappa shape index (κ3) is 5.10. The Morgan fingerprint density at radius 1 is 0.964 bits per heavy atom. The van der Waals surface area contributed by atoms with Crippen LogP contribution >= 0.6 is 0 Å². The smallest absolute Gasteiger partial charge is 0.270 e. The van der Waals surface area contributed by atoms with Gasteiger partial charge in [0.15, 0.2) is 0 Å². The number of hydrogen-bond acceptors (Lipinski definition) is 4. The van der Waals surface area contributed by atoms with E-state index in [1.807, 2.05) is 42.5 Å². The molecule has 0 radical (unpaired) electrons. The zero-order chi connectivity index (χ0) is 19.9. The van der Waals surface area contributed by atoms with Gasteiger partial charge in [0.25, 0.3) is 5.91 Å². The minimum Gasteiger partial charge on any atom is -0.497 e. The number of aromatic nitrogens is 1. The summed E-state index contributed by atoms with van der Waals surface area (Å²) in [5.74, 6) is 1.09. The molecule has 5 nitrogen and oxygen atoms in total. The number of anilines is 2. The minimum atomic E-state index is -0.205. The van der Waals surface area contributed by atoms with Crippen molar-refractivity contribution in [3.8, 4) is 5.75 Å². The van der Waals surface area contributed by atoms with E-state index in [4.69, 9.17) is 4.74 Å². The lowest BCUT2D eigenvalue weighted by molar-refractivity contribution is 0.0946. The molecule has 0 spiro atoms. The lowest BCUT2D eigenvalue weighted by Gasteiger charge is -2.10. The molecule has 28 heavy (non-hydrogen) atoms. The van der Waals surface area contributed by atoms with E-state index in [1.165, 1.54) is 5.56 Å². The van der Waals surface area contributed by atoms with E-state index in [1.54, 1.807) is 19.4 Å². The van der Waals surface area contributed by atoms with Gasteiger partial charge in [0.05, 0.1) is 19.0 Å². The van der Waals surface area contributed by atoms with Crippen molar-refractivity contribution in [2.24, 2.45) is 0 Å². The first-order valence-corrected chi connectivity index (χ1v) is 9.29. The number of carbonyl (C=O) groups is 1. The third-order valence-electron chi connectivity index (χ3n) is 4.47. The fourth-order valence-corrected chi connectivity index (χ4v) is 2.74. The van der Waals surface area contributed by atoms with Crippen molar-refractivity contribution in [1.29, 1.82) is 0 Å². The minimum absolute atomic E-state index is 0.205. The van der Waals surface area contributed by atoms with Crippen LogP contribution in [0.25, 0.3) is 0 Å². The Balaban J connectivity index is 1.56. The second-order valence-corrected chi connectivity index (χ2v) is 6.86. The van der Waals surface area contributed by atoms with E-state index in [0.29, 0.717) is 18.2 Å². The van der Waals surface area contributed by atoms with Crippen molar-refractivity contribution in [2.45, 2.75) is 26.3 Å². The van der Waals surface area contributed by atoms with Gasteiger partial charge in [-0.1, -0.05) is 38.1 Å². The van der Waals surface area contributed by atoms with Gasteiger partial charge < -0.3 is 15.4 Å². The Kier molecular flexibility index (Phi) is 6.27. The monoisotopic (exact) mass is 375 g/mol. The fraction of sp³-hybridized carbons (Fsp3) is 0.217. The number of nitrogens with zero attached hydrogens (tertiary/aromatic N) is 1. The standard InChI is InChI=1S/C23H25N3O2/c1-16(2)18-6-8-19(9-7-18)26-20-10-13-22(24-15-20)23(27)25-14-17-4-11-21(28-3)12-5-17/h4-13,15-16,26H,14H2,1-3H3,(H,25,27). The van der Waals surface area contributed by atoms with E-state index < -0.39 is 0 Å². The summed E-state index contributed by atoms with van der Waals surface area (Å²) in [6.07, 6.45) is 1.67. The van der Waals surface area contributed by atoms with Gasteiger partial charge in [-0.3, -0.25) is 4.79 Å². The Bertz CT molecular complexity index is 902. The Labute approximate surface area is 165 Å². The van der Waals surface area contributed by atoms with E-state index >= 15 is 0 Å². The molecule has 5 heteroatoms. The maximum atomic E-state index is 12.3. The Hall–Kier alpha value is -3.34. The van der Waals surface area contributed by atoms with Crippen LogP contribution in [0.5, 0.6) is 5.75 Å². The van der Waals surface area contributed by atoms with E-state index in [9.17, 15) is 4.79 Å².